The Kier molecular flexibility index (Phi) is 3.25. The zero-order valence-electron chi connectivity index (χ0n) is 9.15. The van der Waals surface area contributed by atoms with Gasteiger partial charge in [0.15, 0.2) is 5.78 Å². The van der Waals surface area contributed by atoms with Crippen LogP contribution in [0.25, 0.3) is 5.70 Å². The quantitative estimate of drug-likeness (QED) is 0.747. The highest BCUT2D eigenvalue weighted by molar-refractivity contribution is 6.03. The van der Waals surface area contributed by atoms with Gasteiger partial charge in [0, 0.05) is 11.6 Å². The molecule has 0 radical (unpaired) electrons. The van der Waals surface area contributed by atoms with Crippen molar-refractivity contribution in [3.8, 4) is 0 Å². The third-order valence-corrected chi connectivity index (χ3v) is 2.18. The topological polar surface area (TPSA) is 47.8 Å². The van der Waals surface area contributed by atoms with Crippen molar-refractivity contribution in [3.63, 3.8) is 0 Å². The van der Waals surface area contributed by atoms with E-state index in [1.807, 2.05) is 30.3 Å². The summed E-state index contributed by atoms with van der Waals surface area (Å²) < 4.78 is 0. The molecule has 2 rings (SSSR count). The Morgan fingerprint density at radius 3 is 2.41 bits per heavy atom. The van der Waals surface area contributed by atoms with Gasteiger partial charge in [0.25, 0.3) is 0 Å². The zero-order chi connectivity index (χ0) is 12.1. The Hall–Kier alpha value is -2.49. The summed E-state index contributed by atoms with van der Waals surface area (Å²) in [5.41, 5.74) is 1.50. The van der Waals surface area contributed by atoms with Crippen LogP contribution in [0.4, 0.5) is 0 Å². The number of benzene rings is 1. The van der Waals surface area contributed by atoms with E-state index >= 15 is 0 Å². The summed E-state index contributed by atoms with van der Waals surface area (Å²) in [4.78, 5) is 12.8. The molecule has 0 fully saturated rings. The lowest BCUT2D eigenvalue weighted by Crippen LogP contribution is -2.05. The van der Waals surface area contributed by atoms with Crippen molar-refractivity contribution in [2.24, 2.45) is 0 Å². The van der Waals surface area contributed by atoms with E-state index in [4.69, 9.17) is 0 Å². The monoisotopic (exact) mass is 225 g/mol. The van der Waals surface area contributed by atoms with Gasteiger partial charge in [0.1, 0.15) is 0 Å². The standard InChI is InChI=1S/C13H11N3O/c1-2-12(17)10-13(16-14-8-9-15-16)11-6-4-3-5-7-11/h2-10H,1H2. The lowest BCUT2D eigenvalue weighted by molar-refractivity contribution is -0.110. The van der Waals surface area contributed by atoms with E-state index in [2.05, 4.69) is 16.8 Å². The Bertz CT molecular complexity index is 541. The van der Waals surface area contributed by atoms with Gasteiger partial charge in [0.05, 0.1) is 18.1 Å². The summed E-state index contributed by atoms with van der Waals surface area (Å²) in [7, 11) is 0. The molecular weight excluding hydrogens is 214 g/mol. The van der Waals surface area contributed by atoms with E-state index in [1.165, 1.54) is 16.9 Å². The highest BCUT2D eigenvalue weighted by Gasteiger charge is 2.06. The molecule has 0 saturated carbocycles. The normalized spacial score (nSPS) is 11.2. The fourth-order valence-corrected chi connectivity index (χ4v) is 1.40. The van der Waals surface area contributed by atoms with Crippen LogP contribution in [0.3, 0.4) is 0 Å². The molecule has 0 N–H and O–H groups in total. The fourth-order valence-electron chi connectivity index (χ4n) is 1.40. The lowest BCUT2D eigenvalue weighted by atomic mass is 10.1. The van der Waals surface area contributed by atoms with Gasteiger partial charge in [-0.1, -0.05) is 36.9 Å². The number of aromatic nitrogens is 3. The molecule has 0 amide bonds. The van der Waals surface area contributed by atoms with Crippen LogP contribution >= 0.6 is 0 Å². The van der Waals surface area contributed by atoms with Crippen molar-refractivity contribution < 1.29 is 4.79 Å². The molecule has 0 bridgehead atoms. The molecule has 4 heteroatoms. The molecule has 0 atom stereocenters. The van der Waals surface area contributed by atoms with E-state index in [9.17, 15) is 4.79 Å². The minimum absolute atomic E-state index is 0.179. The van der Waals surface area contributed by atoms with Crippen molar-refractivity contribution >= 4 is 11.5 Å². The largest absolute Gasteiger partial charge is 0.290 e. The van der Waals surface area contributed by atoms with Gasteiger partial charge in [-0.25, -0.2) is 0 Å². The van der Waals surface area contributed by atoms with Gasteiger partial charge in [-0.15, -0.1) is 0 Å². The van der Waals surface area contributed by atoms with Gasteiger partial charge in [-0.3, -0.25) is 4.79 Å². The van der Waals surface area contributed by atoms with Crippen LogP contribution in [0.1, 0.15) is 5.56 Å². The average Bonchev–Trinajstić information content (AvgIpc) is 2.90. The van der Waals surface area contributed by atoms with Gasteiger partial charge in [-0.2, -0.15) is 15.0 Å². The van der Waals surface area contributed by atoms with E-state index in [0.717, 1.165) is 5.56 Å². The molecule has 0 saturated heterocycles. The third kappa shape index (κ3) is 2.55. The Morgan fingerprint density at radius 1 is 1.18 bits per heavy atom. The van der Waals surface area contributed by atoms with Crippen molar-refractivity contribution in [2.75, 3.05) is 0 Å². The second-order valence-electron chi connectivity index (χ2n) is 3.32. The van der Waals surface area contributed by atoms with Crippen LogP contribution in [-0.4, -0.2) is 20.8 Å². The summed E-state index contributed by atoms with van der Waals surface area (Å²) in [5.74, 6) is -0.179. The molecule has 1 aromatic heterocycles. The molecule has 4 nitrogen and oxygen atoms in total. The molecule has 0 unspecified atom stereocenters. The second kappa shape index (κ2) is 5.03. The van der Waals surface area contributed by atoms with Crippen LogP contribution in [0.15, 0.2) is 61.5 Å². The van der Waals surface area contributed by atoms with Gasteiger partial charge in [-0.05, 0) is 6.08 Å². The molecule has 2 aromatic rings. The molecule has 0 aliphatic heterocycles. The minimum atomic E-state index is -0.179. The first-order chi connectivity index (χ1) is 8.31. The molecular formula is C13H11N3O. The van der Waals surface area contributed by atoms with Crippen LogP contribution < -0.4 is 0 Å². The van der Waals surface area contributed by atoms with Crippen LogP contribution in [0, 0.1) is 0 Å². The maximum Gasteiger partial charge on any atom is 0.180 e. The lowest BCUT2D eigenvalue weighted by Gasteiger charge is -2.05. The Labute approximate surface area is 98.9 Å². The zero-order valence-corrected chi connectivity index (χ0v) is 9.15. The third-order valence-electron chi connectivity index (χ3n) is 2.18. The first-order valence-electron chi connectivity index (χ1n) is 5.11. The fraction of sp³-hybridized carbons (Fsp3) is 0. The van der Waals surface area contributed by atoms with E-state index in [-0.39, 0.29) is 5.78 Å². The van der Waals surface area contributed by atoms with E-state index in [0.29, 0.717) is 5.70 Å². The number of nitrogens with zero attached hydrogens (tertiary/aromatic N) is 3. The number of hydrogen-bond donors (Lipinski definition) is 0. The number of rotatable bonds is 4. The van der Waals surface area contributed by atoms with E-state index < -0.39 is 0 Å². The number of hydrogen-bond acceptors (Lipinski definition) is 3. The maximum absolute atomic E-state index is 11.4. The first kappa shape index (κ1) is 11.0. The number of ketones is 1. The summed E-state index contributed by atoms with van der Waals surface area (Å²) >= 11 is 0. The molecule has 0 spiro atoms. The van der Waals surface area contributed by atoms with Gasteiger partial charge in [0.2, 0.25) is 0 Å². The van der Waals surface area contributed by atoms with Crippen LogP contribution in [0.2, 0.25) is 0 Å². The molecule has 1 aromatic carbocycles. The highest BCUT2D eigenvalue weighted by atomic mass is 16.1. The molecule has 0 aliphatic rings. The van der Waals surface area contributed by atoms with Gasteiger partial charge < -0.3 is 0 Å². The smallest absolute Gasteiger partial charge is 0.180 e. The Balaban J connectivity index is 2.49. The molecule has 17 heavy (non-hydrogen) atoms. The number of allylic oxidation sites excluding steroid dienone is 2. The van der Waals surface area contributed by atoms with Crippen LogP contribution in [-0.2, 0) is 4.79 Å². The van der Waals surface area contributed by atoms with Crippen LogP contribution in [0.5, 0.6) is 0 Å². The summed E-state index contributed by atoms with van der Waals surface area (Å²) in [5, 5.41) is 8.06. The van der Waals surface area contributed by atoms with Crippen molar-refractivity contribution in [3.05, 3.63) is 67.0 Å². The maximum atomic E-state index is 11.4. The summed E-state index contributed by atoms with van der Waals surface area (Å²) in [6, 6.07) is 9.49. The molecule has 1 heterocycles. The van der Waals surface area contributed by atoms with Crippen molar-refractivity contribution in [1.82, 2.24) is 15.0 Å². The van der Waals surface area contributed by atoms with Crippen molar-refractivity contribution in [2.45, 2.75) is 0 Å². The number of carbonyl (C=O) groups is 1. The van der Waals surface area contributed by atoms with Crippen molar-refractivity contribution in [1.29, 1.82) is 0 Å². The SMILES string of the molecule is C=CC(=O)C=C(c1ccccc1)n1nccn1. The summed E-state index contributed by atoms with van der Waals surface area (Å²) in [6.07, 6.45) is 5.85. The summed E-state index contributed by atoms with van der Waals surface area (Å²) in [6.45, 7) is 3.44. The minimum Gasteiger partial charge on any atom is -0.290 e. The average molecular weight is 225 g/mol. The van der Waals surface area contributed by atoms with E-state index in [1.54, 1.807) is 12.4 Å². The predicted octanol–water partition coefficient (Wildman–Crippen LogP) is 1.92. The Morgan fingerprint density at radius 2 is 1.82 bits per heavy atom. The number of carbonyl (C=O) groups excluding carboxylic acids is 1. The highest BCUT2D eigenvalue weighted by Crippen LogP contribution is 2.14. The molecule has 84 valence electrons. The van der Waals surface area contributed by atoms with Gasteiger partial charge >= 0.3 is 0 Å². The molecule has 0 aliphatic carbocycles. The first-order valence-corrected chi connectivity index (χ1v) is 5.11. The predicted molar refractivity (Wildman–Crippen MR) is 65.0 cm³/mol. The second-order valence-corrected chi connectivity index (χ2v) is 3.32.